The molecule has 2 rings (SSSR count). The molecular weight excluding hydrogens is 252 g/mol. The summed E-state index contributed by atoms with van der Waals surface area (Å²) in [5, 5.41) is 10.6. The normalized spacial score (nSPS) is 25.5. The van der Waals surface area contributed by atoms with Crippen molar-refractivity contribution in [3.8, 4) is 0 Å². The third kappa shape index (κ3) is 1.77. The molecule has 0 saturated heterocycles. The fourth-order valence-corrected chi connectivity index (χ4v) is 2.78. The first-order chi connectivity index (χ1) is 7.04. The average molecular weight is 267 g/mol. The lowest BCUT2D eigenvalue weighted by molar-refractivity contribution is 0.0858. The predicted octanol–water partition coefficient (Wildman–Crippen LogP) is 3.56. The van der Waals surface area contributed by atoms with Crippen molar-refractivity contribution < 1.29 is 5.11 Å². The van der Waals surface area contributed by atoms with E-state index in [9.17, 15) is 5.11 Å². The van der Waals surface area contributed by atoms with E-state index in [0.717, 1.165) is 28.5 Å². The molecule has 1 aliphatic carbocycles. The Kier molecular flexibility index (Phi) is 2.73. The van der Waals surface area contributed by atoms with Crippen molar-refractivity contribution in [2.75, 3.05) is 0 Å². The van der Waals surface area contributed by atoms with E-state index in [1.165, 1.54) is 5.56 Å². The molecule has 0 bridgehead atoms. The summed E-state index contributed by atoms with van der Waals surface area (Å²) in [7, 11) is 0. The highest BCUT2D eigenvalue weighted by atomic mass is 79.9. The van der Waals surface area contributed by atoms with Crippen LogP contribution in [-0.2, 0) is 5.60 Å². The maximum absolute atomic E-state index is 10.6. The topological polar surface area (TPSA) is 20.2 Å². The Balaban J connectivity index is 2.54. The van der Waals surface area contributed by atoms with E-state index in [-0.39, 0.29) is 0 Å². The van der Waals surface area contributed by atoms with Crippen molar-refractivity contribution in [2.24, 2.45) is 0 Å². The van der Waals surface area contributed by atoms with Crippen molar-refractivity contribution in [1.82, 2.24) is 0 Å². The van der Waals surface area contributed by atoms with Gasteiger partial charge in [-0.2, -0.15) is 0 Å². The fourth-order valence-electron chi connectivity index (χ4n) is 2.14. The highest BCUT2D eigenvalue weighted by Gasteiger charge is 2.36. The van der Waals surface area contributed by atoms with Crippen LogP contribution in [0.4, 0.5) is 0 Å². The number of hydrogen-bond donors (Lipinski definition) is 1. The summed E-state index contributed by atoms with van der Waals surface area (Å²) in [5.74, 6) is 0. The summed E-state index contributed by atoms with van der Waals surface area (Å²) in [5.41, 5.74) is 2.57. The van der Waals surface area contributed by atoms with E-state index in [0.29, 0.717) is 0 Å². The first-order valence-electron chi connectivity index (χ1n) is 5.20. The van der Waals surface area contributed by atoms with Crippen LogP contribution >= 0.6 is 15.9 Å². The molecule has 0 aromatic heterocycles. The maximum Gasteiger partial charge on any atom is 0.121 e. The molecule has 1 aliphatic rings. The largest absolute Gasteiger partial charge is 0.380 e. The van der Waals surface area contributed by atoms with Gasteiger partial charge >= 0.3 is 0 Å². The van der Waals surface area contributed by atoms with Crippen LogP contribution in [0.15, 0.2) is 28.8 Å². The minimum atomic E-state index is -0.796. The van der Waals surface area contributed by atoms with Crippen LogP contribution in [0, 0.1) is 13.8 Å². The predicted molar refractivity (Wildman–Crippen MR) is 66.1 cm³/mol. The summed E-state index contributed by atoms with van der Waals surface area (Å²) < 4.78 is 0.906. The Bertz CT molecular complexity index is 423. The van der Waals surface area contributed by atoms with Gasteiger partial charge in [0.25, 0.3) is 0 Å². The van der Waals surface area contributed by atoms with Crippen LogP contribution in [-0.4, -0.2) is 5.11 Å². The van der Waals surface area contributed by atoms with E-state index in [1.54, 1.807) is 0 Å². The lowest BCUT2D eigenvalue weighted by Gasteiger charge is -2.26. The number of aryl methyl sites for hydroxylation is 2. The summed E-state index contributed by atoms with van der Waals surface area (Å²) >= 11 is 3.47. The van der Waals surface area contributed by atoms with E-state index in [2.05, 4.69) is 47.1 Å². The molecule has 1 atom stereocenters. The van der Waals surface area contributed by atoms with Gasteiger partial charge in [-0.3, -0.25) is 0 Å². The van der Waals surface area contributed by atoms with Crippen LogP contribution in [0.25, 0.3) is 0 Å². The Morgan fingerprint density at radius 3 is 2.67 bits per heavy atom. The Hall–Kier alpha value is -0.600. The standard InChI is InChI=1S/C13H15BrO/c1-9-5-6-10(2)11(8-9)13(15)7-3-4-12(13)14/h4-6,8,15H,3,7H2,1-2H3. The Morgan fingerprint density at radius 1 is 1.33 bits per heavy atom. The molecule has 0 heterocycles. The van der Waals surface area contributed by atoms with Gasteiger partial charge in [0.1, 0.15) is 5.60 Å². The first-order valence-corrected chi connectivity index (χ1v) is 5.99. The van der Waals surface area contributed by atoms with Crippen molar-refractivity contribution in [2.45, 2.75) is 32.3 Å². The van der Waals surface area contributed by atoms with Gasteiger partial charge in [-0.25, -0.2) is 0 Å². The van der Waals surface area contributed by atoms with Gasteiger partial charge in [0.05, 0.1) is 0 Å². The zero-order chi connectivity index (χ0) is 11.1. The lowest BCUT2D eigenvalue weighted by Crippen LogP contribution is -2.24. The molecule has 1 aromatic carbocycles. The molecule has 15 heavy (non-hydrogen) atoms. The van der Waals surface area contributed by atoms with Crippen molar-refractivity contribution in [1.29, 1.82) is 0 Å². The van der Waals surface area contributed by atoms with Crippen LogP contribution in [0.3, 0.4) is 0 Å². The second-order valence-electron chi connectivity index (χ2n) is 4.27. The van der Waals surface area contributed by atoms with Crippen LogP contribution in [0.5, 0.6) is 0 Å². The SMILES string of the molecule is Cc1ccc(C)c(C2(O)CCC=C2Br)c1. The van der Waals surface area contributed by atoms with Gasteiger partial charge in [0.2, 0.25) is 0 Å². The summed E-state index contributed by atoms with van der Waals surface area (Å²) in [4.78, 5) is 0. The summed E-state index contributed by atoms with van der Waals surface area (Å²) in [6, 6.07) is 6.23. The zero-order valence-corrected chi connectivity index (χ0v) is 10.6. The second kappa shape index (κ2) is 3.76. The third-order valence-corrected chi connectivity index (χ3v) is 4.04. The maximum atomic E-state index is 10.6. The molecule has 2 heteroatoms. The number of hydrogen-bond acceptors (Lipinski definition) is 1. The highest BCUT2D eigenvalue weighted by Crippen LogP contribution is 2.43. The molecule has 1 aromatic rings. The highest BCUT2D eigenvalue weighted by molar-refractivity contribution is 9.11. The Morgan fingerprint density at radius 2 is 2.07 bits per heavy atom. The Labute approximate surface area is 99.0 Å². The molecule has 80 valence electrons. The summed E-state index contributed by atoms with van der Waals surface area (Å²) in [6.07, 6.45) is 3.77. The second-order valence-corrected chi connectivity index (χ2v) is 5.12. The van der Waals surface area contributed by atoms with E-state index >= 15 is 0 Å². The molecule has 0 amide bonds. The average Bonchev–Trinajstić information content (AvgIpc) is 2.52. The van der Waals surface area contributed by atoms with Crippen molar-refractivity contribution in [3.05, 3.63) is 45.4 Å². The number of allylic oxidation sites excluding steroid dienone is 1. The number of aliphatic hydroxyl groups is 1. The van der Waals surface area contributed by atoms with E-state index < -0.39 is 5.60 Å². The first kappa shape index (κ1) is 10.9. The molecule has 1 unspecified atom stereocenters. The van der Waals surface area contributed by atoms with Gasteiger partial charge in [0.15, 0.2) is 0 Å². The minimum Gasteiger partial charge on any atom is -0.380 e. The molecular formula is C13H15BrO. The summed E-state index contributed by atoms with van der Waals surface area (Å²) in [6.45, 7) is 4.10. The fraction of sp³-hybridized carbons (Fsp3) is 0.385. The smallest absolute Gasteiger partial charge is 0.121 e. The third-order valence-electron chi connectivity index (χ3n) is 3.06. The molecule has 0 radical (unpaired) electrons. The van der Waals surface area contributed by atoms with Gasteiger partial charge in [-0.15, -0.1) is 0 Å². The zero-order valence-electron chi connectivity index (χ0n) is 9.05. The van der Waals surface area contributed by atoms with Crippen molar-refractivity contribution in [3.63, 3.8) is 0 Å². The van der Waals surface area contributed by atoms with E-state index in [1.807, 2.05) is 6.92 Å². The van der Waals surface area contributed by atoms with Crippen LogP contribution in [0.1, 0.15) is 29.5 Å². The minimum absolute atomic E-state index is 0.776. The van der Waals surface area contributed by atoms with Crippen LogP contribution in [0.2, 0.25) is 0 Å². The lowest BCUT2D eigenvalue weighted by atomic mass is 9.88. The van der Waals surface area contributed by atoms with Gasteiger partial charge in [0, 0.05) is 4.48 Å². The molecule has 1 nitrogen and oxygen atoms in total. The van der Waals surface area contributed by atoms with Gasteiger partial charge in [-0.1, -0.05) is 45.8 Å². The molecule has 0 saturated carbocycles. The van der Waals surface area contributed by atoms with Gasteiger partial charge < -0.3 is 5.11 Å². The van der Waals surface area contributed by atoms with E-state index in [4.69, 9.17) is 0 Å². The van der Waals surface area contributed by atoms with Crippen molar-refractivity contribution >= 4 is 15.9 Å². The quantitative estimate of drug-likeness (QED) is 0.824. The number of halogens is 1. The van der Waals surface area contributed by atoms with Crippen LogP contribution < -0.4 is 0 Å². The molecule has 0 spiro atoms. The number of benzene rings is 1. The molecule has 0 aliphatic heterocycles. The monoisotopic (exact) mass is 266 g/mol. The van der Waals surface area contributed by atoms with Gasteiger partial charge in [-0.05, 0) is 37.8 Å². The molecule has 0 fully saturated rings. The number of rotatable bonds is 1. The molecule has 1 N–H and O–H groups in total.